The molecule has 0 aliphatic heterocycles. The van der Waals surface area contributed by atoms with Gasteiger partial charge in [0.2, 0.25) is 0 Å². The van der Waals surface area contributed by atoms with E-state index >= 15 is 0 Å². The van der Waals surface area contributed by atoms with Gasteiger partial charge in [-0.1, -0.05) is 0 Å². The van der Waals surface area contributed by atoms with E-state index in [4.69, 9.17) is 5.73 Å². The van der Waals surface area contributed by atoms with Crippen LogP contribution in [0.25, 0.3) is 0 Å². The molecule has 2 aromatic heterocycles. The van der Waals surface area contributed by atoms with E-state index in [1.54, 1.807) is 6.07 Å². The fraction of sp³-hybridized carbons (Fsp3) is 0. The number of anilines is 1. The van der Waals surface area contributed by atoms with Gasteiger partial charge >= 0.3 is 0 Å². The Bertz CT molecular complexity index is 506. The van der Waals surface area contributed by atoms with Gasteiger partial charge in [-0.2, -0.15) is 0 Å². The summed E-state index contributed by atoms with van der Waals surface area (Å²) in [7, 11) is 0. The minimum atomic E-state index is -0.871. The molecule has 0 spiro atoms. The van der Waals surface area contributed by atoms with Gasteiger partial charge in [-0.05, 0) is 17.8 Å². The van der Waals surface area contributed by atoms with E-state index < -0.39 is 11.6 Å². The van der Waals surface area contributed by atoms with Crippen molar-refractivity contribution in [3.63, 3.8) is 0 Å². The zero-order chi connectivity index (χ0) is 11.5. The van der Waals surface area contributed by atoms with Gasteiger partial charge in [0, 0.05) is 12.3 Å². The molecule has 2 rings (SSSR count). The molecule has 0 aliphatic rings. The van der Waals surface area contributed by atoms with Crippen LogP contribution >= 0.6 is 11.8 Å². The highest BCUT2D eigenvalue weighted by atomic mass is 32.2. The van der Waals surface area contributed by atoms with E-state index in [9.17, 15) is 8.78 Å². The van der Waals surface area contributed by atoms with Crippen LogP contribution < -0.4 is 5.73 Å². The first-order chi connectivity index (χ1) is 7.66. The number of nitrogen functional groups attached to an aromatic ring is 1. The van der Waals surface area contributed by atoms with Crippen molar-refractivity contribution in [3.8, 4) is 0 Å². The standard InChI is InChI=1S/C9H6F2N4S/c10-5-3-6(11)9(15-8(5)12)16-7-1-2-13-4-14-7/h1-4H,(H2,12,15). The van der Waals surface area contributed by atoms with Gasteiger partial charge in [0.1, 0.15) is 16.4 Å². The summed E-state index contributed by atoms with van der Waals surface area (Å²) in [6.45, 7) is 0. The Morgan fingerprint density at radius 2 is 2.06 bits per heavy atom. The third-order valence-corrected chi connectivity index (χ3v) is 2.61. The summed E-state index contributed by atoms with van der Waals surface area (Å²) in [6.07, 6.45) is 2.84. The Hall–Kier alpha value is -1.76. The predicted octanol–water partition coefficient (Wildman–Crippen LogP) is 1.88. The van der Waals surface area contributed by atoms with Crippen molar-refractivity contribution >= 4 is 17.6 Å². The summed E-state index contributed by atoms with van der Waals surface area (Å²) in [5.41, 5.74) is 5.24. The molecule has 0 unspecified atom stereocenters. The van der Waals surface area contributed by atoms with Gasteiger partial charge in [0.15, 0.2) is 17.5 Å². The molecule has 2 aromatic rings. The number of hydrogen-bond donors (Lipinski definition) is 1. The van der Waals surface area contributed by atoms with Crippen molar-refractivity contribution in [1.82, 2.24) is 15.0 Å². The molecule has 0 bridgehead atoms. The molecule has 82 valence electrons. The van der Waals surface area contributed by atoms with Crippen LogP contribution in [0.2, 0.25) is 0 Å². The fourth-order valence-electron chi connectivity index (χ4n) is 0.973. The van der Waals surface area contributed by atoms with Gasteiger partial charge in [0.25, 0.3) is 0 Å². The molecule has 0 aromatic carbocycles. The molecule has 0 radical (unpaired) electrons. The summed E-state index contributed by atoms with van der Waals surface area (Å²) < 4.78 is 26.1. The number of halogens is 2. The van der Waals surface area contributed by atoms with Crippen LogP contribution in [-0.2, 0) is 0 Å². The van der Waals surface area contributed by atoms with Gasteiger partial charge < -0.3 is 5.73 Å². The van der Waals surface area contributed by atoms with Crippen molar-refractivity contribution in [2.24, 2.45) is 0 Å². The number of aromatic nitrogens is 3. The van der Waals surface area contributed by atoms with Crippen LogP contribution in [0.15, 0.2) is 34.7 Å². The Labute approximate surface area is 93.9 Å². The van der Waals surface area contributed by atoms with Crippen LogP contribution in [0.4, 0.5) is 14.6 Å². The first-order valence-electron chi connectivity index (χ1n) is 4.22. The first-order valence-corrected chi connectivity index (χ1v) is 5.04. The second-order valence-electron chi connectivity index (χ2n) is 2.79. The van der Waals surface area contributed by atoms with E-state index in [0.717, 1.165) is 11.8 Å². The molecular formula is C9H6F2N4S. The molecule has 0 amide bonds. The molecule has 0 saturated carbocycles. The molecule has 7 heteroatoms. The lowest BCUT2D eigenvalue weighted by molar-refractivity contribution is 0.552. The summed E-state index contributed by atoms with van der Waals surface area (Å²) in [4.78, 5) is 11.2. The molecule has 0 aliphatic carbocycles. The highest BCUT2D eigenvalue weighted by Gasteiger charge is 2.11. The summed E-state index contributed by atoms with van der Waals surface area (Å²) in [5, 5.41) is 0.491. The number of rotatable bonds is 2. The molecule has 16 heavy (non-hydrogen) atoms. The molecule has 0 saturated heterocycles. The van der Waals surface area contributed by atoms with Gasteiger partial charge in [0.05, 0.1) is 0 Å². The number of nitrogens with two attached hydrogens (primary N) is 1. The average Bonchev–Trinajstić information content (AvgIpc) is 2.27. The topological polar surface area (TPSA) is 64.7 Å². The fourth-order valence-corrected chi connectivity index (χ4v) is 1.70. The maximum Gasteiger partial charge on any atom is 0.168 e. The quantitative estimate of drug-likeness (QED) is 0.812. The first kappa shape index (κ1) is 10.7. The lowest BCUT2D eigenvalue weighted by Crippen LogP contribution is -1.99. The maximum atomic E-state index is 13.3. The molecule has 2 heterocycles. The monoisotopic (exact) mass is 240 g/mol. The SMILES string of the molecule is Nc1nc(Sc2ccncn2)c(F)cc1F. The summed E-state index contributed by atoms with van der Waals surface area (Å²) >= 11 is 0.953. The molecule has 2 N–H and O–H groups in total. The highest BCUT2D eigenvalue weighted by molar-refractivity contribution is 7.99. The zero-order valence-corrected chi connectivity index (χ0v) is 8.71. The van der Waals surface area contributed by atoms with Gasteiger partial charge in [-0.3, -0.25) is 0 Å². The van der Waals surface area contributed by atoms with Crippen molar-refractivity contribution in [2.45, 2.75) is 10.1 Å². The maximum absolute atomic E-state index is 13.3. The third-order valence-electron chi connectivity index (χ3n) is 1.68. The summed E-state index contributed by atoms with van der Waals surface area (Å²) in [6, 6.07) is 2.29. The van der Waals surface area contributed by atoms with E-state index in [2.05, 4.69) is 15.0 Å². The normalized spacial score (nSPS) is 10.4. The van der Waals surface area contributed by atoms with Gasteiger partial charge in [-0.25, -0.2) is 23.7 Å². The smallest absolute Gasteiger partial charge is 0.168 e. The second-order valence-corrected chi connectivity index (χ2v) is 3.80. The van der Waals surface area contributed by atoms with Crippen molar-refractivity contribution < 1.29 is 8.78 Å². The molecular weight excluding hydrogens is 234 g/mol. The second kappa shape index (κ2) is 4.40. The zero-order valence-electron chi connectivity index (χ0n) is 7.89. The van der Waals surface area contributed by atoms with E-state index in [-0.39, 0.29) is 10.8 Å². The van der Waals surface area contributed by atoms with E-state index in [0.29, 0.717) is 11.1 Å². The van der Waals surface area contributed by atoms with Crippen molar-refractivity contribution in [3.05, 3.63) is 36.3 Å². The lowest BCUT2D eigenvalue weighted by atomic mass is 10.4. The van der Waals surface area contributed by atoms with E-state index in [1.165, 1.54) is 12.5 Å². The number of nitrogens with zero attached hydrogens (tertiary/aromatic N) is 3. The minimum Gasteiger partial charge on any atom is -0.381 e. The van der Waals surface area contributed by atoms with Crippen LogP contribution in [0, 0.1) is 11.6 Å². The Morgan fingerprint density at radius 3 is 2.75 bits per heavy atom. The third kappa shape index (κ3) is 2.25. The van der Waals surface area contributed by atoms with E-state index in [1.807, 2.05) is 0 Å². The van der Waals surface area contributed by atoms with Crippen molar-refractivity contribution in [1.29, 1.82) is 0 Å². The Kier molecular flexibility index (Phi) is 2.95. The average molecular weight is 240 g/mol. The van der Waals surface area contributed by atoms with Crippen LogP contribution in [0.5, 0.6) is 0 Å². The van der Waals surface area contributed by atoms with Crippen LogP contribution in [-0.4, -0.2) is 15.0 Å². The predicted molar refractivity (Wildman–Crippen MR) is 54.7 cm³/mol. The molecule has 0 atom stereocenters. The number of pyridine rings is 1. The van der Waals surface area contributed by atoms with Crippen LogP contribution in [0.1, 0.15) is 0 Å². The largest absolute Gasteiger partial charge is 0.381 e. The highest BCUT2D eigenvalue weighted by Crippen LogP contribution is 2.27. The molecule has 4 nitrogen and oxygen atoms in total. The lowest BCUT2D eigenvalue weighted by Gasteiger charge is -2.03. The Morgan fingerprint density at radius 1 is 1.25 bits per heavy atom. The van der Waals surface area contributed by atoms with Gasteiger partial charge in [-0.15, -0.1) is 0 Å². The molecule has 0 fully saturated rings. The Balaban J connectivity index is 2.32. The number of hydrogen-bond acceptors (Lipinski definition) is 5. The minimum absolute atomic E-state index is 0.0161. The van der Waals surface area contributed by atoms with Crippen LogP contribution in [0.3, 0.4) is 0 Å². The van der Waals surface area contributed by atoms with Crippen molar-refractivity contribution in [2.75, 3.05) is 5.73 Å². The summed E-state index contributed by atoms with van der Waals surface area (Å²) in [5.74, 6) is -1.97.